The number of H-pyrrole nitrogens is 1. The zero-order valence-electron chi connectivity index (χ0n) is 17.1. The number of methoxy groups -OCH3 is 1. The van der Waals surface area contributed by atoms with Gasteiger partial charge in [-0.3, -0.25) is 5.73 Å². The number of benzene rings is 2. The Balaban J connectivity index is 1.76. The van der Waals surface area contributed by atoms with E-state index in [1.807, 2.05) is 18.2 Å². The quantitative estimate of drug-likeness (QED) is 0.615. The molecule has 0 saturated carbocycles. The van der Waals surface area contributed by atoms with Crippen molar-refractivity contribution in [1.82, 2.24) is 0 Å². The molecule has 0 atom stereocenters. The van der Waals surface area contributed by atoms with Crippen LogP contribution in [0.5, 0.6) is 11.5 Å². The first-order valence-corrected chi connectivity index (χ1v) is 10.4. The predicted molar refractivity (Wildman–Crippen MR) is 116 cm³/mol. The molecular formula is C24H22ClFN3O2+. The zero-order valence-corrected chi connectivity index (χ0v) is 17.9. The summed E-state index contributed by atoms with van der Waals surface area (Å²) in [6.07, 6.45) is 3.96. The number of aromatic nitrogens is 1. The average molecular weight is 439 g/mol. The van der Waals surface area contributed by atoms with Crippen LogP contribution in [0.4, 0.5) is 10.2 Å². The van der Waals surface area contributed by atoms with E-state index in [0.717, 1.165) is 53.6 Å². The fourth-order valence-corrected chi connectivity index (χ4v) is 4.28. The van der Waals surface area contributed by atoms with E-state index in [4.69, 9.17) is 26.8 Å². The SMILES string of the molecule is COc1ccc(-c2c(C#N)c(N)[nH+]c3c2CCCC3)cc1COc1ccc(F)cc1Cl. The van der Waals surface area contributed by atoms with Gasteiger partial charge in [0, 0.05) is 23.1 Å². The van der Waals surface area contributed by atoms with Crippen molar-refractivity contribution in [2.24, 2.45) is 0 Å². The largest absolute Gasteiger partial charge is 0.496 e. The summed E-state index contributed by atoms with van der Waals surface area (Å²) in [4.78, 5) is 3.21. The molecule has 4 rings (SSSR count). The second kappa shape index (κ2) is 8.83. The van der Waals surface area contributed by atoms with Gasteiger partial charge in [0.05, 0.1) is 12.1 Å². The molecule has 1 aliphatic rings. The van der Waals surface area contributed by atoms with Gasteiger partial charge in [-0.15, -0.1) is 0 Å². The number of aromatic amines is 1. The minimum atomic E-state index is -0.427. The van der Waals surface area contributed by atoms with Crippen LogP contribution < -0.4 is 20.2 Å². The van der Waals surface area contributed by atoms with Gasteiger partial charge in [0.2, 0.25) is 0 Å². The molecular weight excluding hydrogens is 417 g/mol. The van der Waals surface area contributed by atoms with Crippen LogP contribution in [0.1, 0.15) is 35.2 Å². The normalized spacial score (nSPS) is 12.7. The monoisotopic (exact) mass is 438 g/mol. The highest BCUT2D eigenvalue weighted by atomic mass is 35.5. The van der Waals surface area contributed by atoms with Gasteiger partial charge >= 0.3 is 0 Å². The smallest absolute Gasteiger partial charge is 0.289 e. The molecule has 0 amide bonds. The van der Waals surface area contributed by atoms with Crippen molar-refractivity contribution in [3.63, 3.8) is 0 Å². The third-order valence-electron chi connectivity index (χ3n) is 5.53. The first-order chi connectivity index (χ1) is 15.0. The van der Waals surface area contributed by atoms with Crippen LogP contribution in [0.15, 0.2) is 36.4 Å². The Bertz CT molecular complexity index is 1190. The molecule has 0 aliphatic heterocycles. The molecule has 0 fully saturated rings. The van der Waals surface area contributed by atoms with Gasteiger partial charge in [0.15, 0.2) is 0 Å². The Hall–Kier alpha value is -3.30. The number of pyridine rings is 1. The van der Waals surface area contributed by atoms with E-state index < -0.39 is 5.82 Å². The molecule has 0 saturated heterocycles. The number of nitriles is 1. The summed E-state index contributed by atoms with van der Waals surface area (Å²) < 4.78 is 24.6. The fraction of sp³-hybridized carbons (Fsp3) is 0.250. The Morgan fingerprint density at radius 3 is 2.68 bits per heavy atom. The lowest BCUT2D eigenvalue weighted by Gasteiger charge is -2.20. The van der Waals surface area contributed by atoms with Gasteiger partial charge < -0.3 is 9.47 Å². The molecule has 2 aromatic carbocycles. The highest BCUT2D eigenvalue weighted by Crippen LogP contribution is 2.36. The van der Waals surface area contributed by atoms with Crippen molar-refractivity contribution < 1.29 is 18.8 Å². The van der Waals surface area contributed by atoms with Crippen molar-refractivity contribution in [1.29, 1.82) is 5.26 Å². The molecule has 158 valence electrons. The molecule has 5 nitrogen and oxygen atoms in total. The number of aryl methyl sites for hydroxylation is 1. The van der Waals surface area contributed by atoms with Crippen LogP contribution in [-0.4, -0.2) is 7.11 Å². The van der Waals surface area contributed by atoms with E-state index in [1.165, 1.54) is 18.2 Å². The number of nitrogens with one attached hydrogen (secondary N) is 1. The highest BCUT2D eigenvalue weighted by molar-refractivity contribution is 6.32. The first kappa shape index (κ1) is 21.0. The van der Waals surface area contributed by atoms with E-state index in [9.17, 15) is 9.65 Å². The van der Waals surface area contributed by atoms with Crippen molar-refractivity contribution in [3.05, 3.63) is 69.6 Å². The van der Waals surface area contributed by atoms with E-state index in [2.05, 4.69) is 11.1 Å². The lowest BCUT2D eigenvalue weighted by Crippen LogP contribution is -2.24. The van der Waals surface area contributed by atoms with E-state index in [0.29, 0.717) is 22.9 Å². The number of hydrogen-bond acceptors (Lipinski definition) is 4. The topological polar surface area (TPSA) is 82.4 Å². The fourth-order valence-electron chi connectivity index (χ4n) is 4.06. The van der Waals surface area contributed by atoms with Crippen molar-refractivity contribution >= 4 is 17.4 Å². The lowest BCUT2D eigenvalue weighted by molar-refractivity contribution is -0.374. The standard InChI is InChI=1S/C24H21ClFN3O2/c1-30-21-8-6-14(10-15(21)13-31-22-9-7-16(26)11-19(22)25)23-17-4-2-3-5-20(17)29-24(28)18(23)12-27/h6-11H,2-5,13H2,1H3,(H2,28,29)/p+1. The molecule has 0 radical (unpaired) electrons. The minimum Gasteiger partial charge on any atom is -0.496 e. The number of ether oxygens (including phenoxy) is 2. The second-order valence-electron chi connectivity index (χ2n) is 7.45. The Morgan fingerprint density at radius 1 is 1.16 bits per heavy atom. The molecule has 31 heavy (non-hydrogen) atoms. The second-order valence-corrected chi connectivity index (χ2v) is 7.86. The van der Waals surface area contributed by atoms with Crippen LogP contribution in [-0.2, 0) is 19.4 Å². The molecule has 0 spiro atoms. The molecule has 0 unspecified atom stereocenters. The van der Waals surface area contributed by atoms with Gasteiger partial charge in [0.1, 0.15) is 41.2 Å². The van der Waals surface area contributed by atoms with Crippen molar-refractivity contribution in [2.45, 2.75) is 32.3 Å². The maximum atomic E-state index is 13.3. The number of fused-ring (bicyclic) bond motifs is 1. The minimum absolute atomic E-state index is 0.168. The third-order valence-corrected chi connectivity index (χ3v) is 5.83. The molecule has 3 N–H and O–H groups in total. The van der Waals surface area contributed by atoms with Gasteiger partial charge in [-0.25, -0.2) is 9.37 Å². The molecule has 0 bridgehead atoms. The number of halogens is 2. The van der Waals surface area contributed by atoms with Crippen LogP contribution in [0, 0.1) is 17.1 Å². The molecule has 1 aliphatic carbocycles. The van der Waals surface area contributed by atoms with Gasteiger partial charge in [-0.05, 0) is 55.2 Å². The summed E-state index contributed by atoms with van der Waals surface area (Å²) in [6, 6.07) is 12.0. The first-order valence-electron chi connectivity index (χ1n) is 10.0. The summed E-state index contributed by atoms with van der Waals surface area (Å²) >= 11 is 6.08. The number of hydrogen-bond donors (Lipinski definition) is 1. The van der Waals surface area contributed by atoms with Gasteiger partial charge in [-0.2, -0.15) is 5.26 Å². The predicted octanol–water partition coefficient (Wildman–Crippen LogP) is 4.88. The van der Waals surface area contributed by atoms with E-state index >= 15 is 0 Å². The Morgan fingerprint density at radius 2 is 1.94 bits per heavy atom. The molecule has 1 heterocycles. The lowest BCUT2D eigenvalue weighted by atomic mass is 9.86. The number of nitrogens with two attached hydrogens (primary N) is 1. The van der Waals surface area contributed by atoms with Crippen LogP contribution in [0.2, 0.25) is 5.02 Å². The molecule has 3 aromatic rings. The Kier molecular flexibility index (Phi) is 5.97. The summed E-state index contributed by atoms with van der Waals surface area (Å²) in [5.41, 5.74) is 11.4. The number of nitrogen functional groups attached to an aromatic ring is 1. The van der Waals surface area contributed by atoms with E-state index in [1.54, 1.807) is 7.11 Å². The van der Waals surface area contributed by atoms with Crippen LogP contribution in [0.25, 0.3) is 11.1 Å². The molecule has 1 aromatic heterocycles. The summed E-state index contributed by atoms with van der Waals surface area (Å²) in [6.45, 7) is 0.168. The van der Waals surface area contributed by atoms with Crippen LogP contribution in [0.3, 0.4) is 0 Å². The summed E-state index contributed by atoms with van der Waals surface area (Å²) in [5, 5.41) is 9.99. The van der Waals surface area contributed by atoms with Crippen molar-refractivity contribution in [3.8, 4) is 28.7 Å². The number of anilines is 1. The number of nitrogens with zero attached hydrogens (tertiary/aromatic N) is 1. The average Bonchev–Trinajstić information content (AvgIpc) is 2.77. The van der Waals surface area contributed by atoms with Gasteiger partial charge in [0.25, 0.3) is 5.82 Å². The van der Waals surface area contributed by atoms with Crippen molar-refractivity contribution in [2.75, 3.05) is 12.8 Å². The zero-order chi connectivity index (χ0) is 22.0. The Labute approximate surface area is 185 Å². The van der Waals surface area contributed by atoms with E-state index in [-0.39, 0.29) is 11.6 Å². The number of rotatable bonds is 5. The van der Waals surface area contributed by atoms with Gasteiger partial charge in [-0.1, -0.05) is 17.7 Å². The molecule has 7 heteroatoms. The highest BCUT2D eigenvalue weighted by Gasteiger charge is 2.25. The van der Waals surface area contributed by atoms with Crippen LogP contribution >= 0.6 is 11.6 Å². The summed E-state index contributed by atoms with van der Waals surface area (Å²) in [5.74, 6) is 0.975. The maximum Gasteiger partial charge on any atom is 0.289 e. The third kappa shape index (κ3) is 4.14. The summed E-state index contributed by atoms with van der Waals surface area (Å²) in [7, 11) is 1.58. The maximum absolute atomic E-state index is 13.3.